The van der Waals surface area contributed by atoms with Crippen molar-refractivity contribution in [2.45, 2.75) is 26.0 Å². The lowest BCUT2D eigenvalue weighted by Crippen LogP contribution is -2.09. The van der Waals surface area contributed by atoms with Crippen molar-refractivity contribution in [3.05, 3.63) is 24.2 Å². The Labute approximate surface area is 87.9 Å². The van der Waals surface area contributed by atoms with Gasteiger partial charge in [-0.05, 0) is 31.9 Å². The number of ether oxygens (including phenoxy) is 1. The Kier molecular flexibility index (Phi) is 1.95. The summed E-state index contributed by atoms with van der Waals surface area (Å²) >= 11 is 0. The molecule has 1 saturated heterocycles. The number of fused-ring (bicyclic) bond motifs is 1. The minimum atomic E-state index is 0.130. The maximum absolute atomic E-state index is 5.67. The number of aromatic nitrogens is 3. The summed E-state index contributed by atoms with van der Waals surface area (Å²) in [6.07, 6.45) is 4.11. The van der Waals surface area contributed by atoms with Gasteiger partial charge in [0, 0.05) is 12.8 Å². The topological polar surface area (TPSA) is 39.9 Å². The molecule has 2 aromatic heterocycles. The molecular weight excluding hydrogens is 190 g/mol. The fraction of sp³-hybridized carbons (Fsp3) is 0.455. The summed E-state index contributed by atoms with van der Waals surface area (Å²) in [4.78, 5) is 8.85. The normalized spacial score (nSPS) is 21.3. The van der Waals surface area contributed by atoms with E-state index in [-0.39, 0.29) is 6.23 Å². The van der Waals surface area contributed by atoms with E-state index in [1.54, 1.807) is 6.20 Å². The zero-order valence-electron chi connectivity index (χ0n) is 8.68. The van der Waals surface area contributed by atoms with Crippen LogP contribution in [0, 0.1) is 6.92 Å². The van der Waals surface area contributed by atoms with E-state index in [0.29, 0.717) is 0 Å². The van der Waals surface area contributed by atoms with E-state index >= 15 is 0 Å². The first kappa shape index (κ1) is 8.85. The highest BCUT2D eigenvalue weighted by atomic mass is 16.5. The standard InChI is InChI=1S/C11H13N3O/c1-8-13-9-4-2-6-12-11(9)14(8)10-5-3-7-15-10/h2,4,6,10H,3,5,7H2,1H3. The molecular formula is C11H13N3O. The Morgan fingerprint density at radius 3 is 3.27 bits per heavy atom. The van der Waals surface area contributed by atoms with Gasteiger partial charge in [0.15, 0.2) is 5.65 Å². The van der Waals surface area contributed by atoms with Crippen LogP contribution < -0.4 is 0 Å². The van der Waals surface area contributed by atoms with Gasteiger partial charge in [-0.25, -0.2) is 9.97 Å². The first-order valence-corrected chi connectivity index (χ1v) is 5.27. The summed E-state index contributed by atoms with van der Waals surface area (Å²) in [5.74, 6) is 0.982. The van der Waals surface area contributed by atoms with Crippen LogP contribution in [0.15, 0.2) is 18.3 Å². The third-order valence-electron chi connectivity index (χ3n) is 2.82. The molecule has 0 spiro atoms. The molecule has 0 radical (unpaired) electrons. The largest absolute Gasteiger partial charge is 0.358 e. The first-order chi connectivity index (χ1) is 7.36. The molecule has 0 N–H and O–H groups in total. The van der Waals surface area contributed by atoms with Gasteiger partial charge < -0.3 is 4.74 Å². The molecule has 1 atom stereocenters. The summed E-state index contributed by atoms with van der Waals surface area (Å²) in [6, 6.07) is 3.90. The fourth-order valence-electron chi connectivity index (χ4n) is 2.15. The second-order valence-corrected chi connectivity index (χ2v) is 3.84. The molecule has 0 amide bonds. The lowest BCUT2D eigenvalue weighted by atomic mass is 10.3. The third kappa shape index (κ3) is 1.33. The van der Waals surface area contributed by atoms with Crippen LogP contribution in [0.1, 0.15) is 24.9 Å². The molecule has 1 unspecified atom stereocenters. The van der Waals surface area contributed by atoms with Crippen LogP contribution in [0.5, 0.6) is 0 Å². The molecule has 2 aromatic rings. The zero-order valence-corrected chi connectivity index (χ0v) is 8.68. The van der Waals surface area contributed by atoms with Crippen LogP contribution in [0.2, 0.25) is 0 Å². The van der Waals surface area contributed by atoms with Crippen molar-refractivity contribution in [2.75, 3.05) is 6.61 Å². The molecule has 78 valence electrons. The van der Waals surface area contributed by atoms with Crippen molar-refractivity contribution in [1.82, 2.24) is 14.5 Å². The fourth-order valence-corrected chi connectivity index (χ4v) is 2.15. The van der Waals surface area contributed by atoms with Crippen molar-refractivity contribution in [3.63, 3.8) is 0 Å². The number of aryl methyl sites for hydroxylation is 1. The summed E-state index contributed by atoms with van der Waals surface area (Å²) < 4.78 is 7.77. The predicted octanol–water partition coefficient (Wildman–Crippen LogP) is 2.05. The Morgan fingerprint density at radius 2 is 2.47 bits per heavy atom. The molecule has 1 aliphatic rings. The average Bonchev–Trinajstić information content (AvgIpc) is 2.82. The Balaban J connectivity index is 2.19. The van der Waals surface area contributed by atoms with Gasteiger partial charge in [0.2, 0.25) is 0 Å². The van der Waals surface area contributed by atoms with Crippen molar-refractivity contribution < 1.29 is 4.74 Å². The highest BCUT2D eigenvalue weighted by Crippen LogP contribution is 2.27. The smallest absolute Gasteiger partial charge is 0.162 e. The minimum absolute atomic E-state index is 0.130. The van der Waals surface area contributed by atoms with Gasteiger partial charge in [-0.15, -0.1) is 0 Å². The Morgan fingerprint density at radius 1 is 1.53 bits per heavy atom. The van der Waals surface area contributed by atoms with Crippen LogP contribution >= 0.6 is 0 Å². The summed E-state index contributed by atoms with van der Waals surface area (Å²) in [5.41, 5.74) is 1.88. The molecule has 1 aliphatic heterocycles. The number of imidazole rings is 1. The van der Waals surface area contributed by atoms with E-state index in [1.165, 1.54) is 0 Å². The lowest BCUT2D eigenvalue weighted by molar-refractivity contribution is 0.0578. The quantitative estimate of drug-likeness (QED) is 0.712. The second-order valence-electron chi connectivity index (χ2n) is 3.84. The summed E-state index contributed by atoms with van der Waals surface area (Å²) in [7, 11) is 0. The van der Waals surface area contributed by atoms with Gasteiger partial charge in [0.1, 0.15) is 17.6 Å². The van der Waals surface area contributed by atoms with Gasteiger partial charge in [0.05, 0.1) is 0 Å². The van der Waals surface area contributed by atoms with Crippen molar-refractivity contribution >= 4 is 11.2 Å². The number of hydrogen-bond acceptors (Lipinski definition) is 3. The van der Waals surface area contributed by atoms with E-state index < -0.39 is 0 Å². The van der Waals surface area contributed by atoms with Crippen LogP contribution in [-0.2, 0) is 4.74 Å². The third-order valence-corrected chi connectivity index (χ3v) is 2.82. The second kappa shape index (κ2) is 3.31. The van der Waals surface area contributed by atoms with E-state index in [4.69, 9.17) is 4.74 Å². The molecule has 4 heteroatoms. The molecule has 4 nitrogen and oxygen atoms in total. The predicted molar refractivity (Wildman–Crippen MR) is 56.5 cm³/mol. The van der Waals surface area contributed by atoms with Crippen molar-refractivity contribution in [2.24, 2.45) is 0 Å². The van der Waals surface area contributed by atoms with E-state index in [2.05, 4.69) is 14.5 Å². The Bertz CT molecular complexity index is 486. The zero-order chi connectivity index (χ0) is 10.3. The molecule has 3 rings (SSSR count). The SMILES string of the molecule is Cc1nc2cccnc2n1C1CCCO1. The molecule has 15 heavy (non-hydrogen) atoms. The van der Waals surface area contributed by atoms with E-state index in [9.17, 15) is 0 Å². The first-order valence-electron chi connectivity index (χ1n) is 5.27. The van der Waals surface area contributed by atoms with Crippen LogP contribution in [0.3, 0.4) is 0 Å². The maximum atomic E-state index is 5.67. The molecule has 0 bridgehead atoms. The highest BCUT2D eigenvalue weighted by molar-refractivity contribution is 5.71. The molecule has 3 heterocycles. The van der Waals surface area contributed by atoms with E-state index in [1.807, 2.05) is 19.1 Å². The van der Waals surface area contributed by atoms with Gasteiger partial charge in [-0.3, -0.25) is 4.57 Å². The van der Waals surface area contributed by atoms with Gasteiger partial charge in [0.25, 0.3) is 0 Å². The summed E-state index contributed by atoms with van der Waals surface area (Å²) in [5, 5.41) is 0. The number of pyridine rings is 1. The Hall–Kier alpha value is -1.42. The van der Waals surface area contributed by atoms with Crippen LogP contribution in [-0.4, -0.2) is 21.1 Å². The number of nitrogens with zero attached hydrogens (tertiary/aromatic N) is 3. The molecule has 0 aromatic carbocycles. The van der Waals surface area contributed by atoms with Gasteiger partial charge in [-0.2, -0.15) is 0 Å². The number of hydrogen-bond donors (Lipinski definition) is 0. The molecule has 0 aliphatic carbocycles. The van der Waals surface area contributed by atoms with Crippen molar-refractivity contribution in [1.29, 1.82) is 0 Å². The van der Waals surface area contributed by atoms with Crippen molar-refractivity contribution in [3.8, 4) is 0 Å². The lowest BCUT2D eigenvalue weighted by Gasteiger charge is -2.13. The minimum Gasteiger partial charge on any atom is -0.358 e. The summed E-state index contributed by atoms with van der Waals surface area (Å²) in [6.45, 7) is 2.85. The molecule has 0 saturated carbocycles. The monoisotopic (exact) mass is 203 g/mol. The molecule has 1 fully saturated rings. The van der Waals surface area contributed by atoms with Crippen LogP contribution in [0.4, 0.5) is 0 Å². The van der Waals surface area contributed by atoms with Gasteiger partial charge >= 0.3 is 0 Å². The van der Waals surface area contributed by atoms with Crippen LogP contribution in [0.25, 0.3) is 11.2 Å². The highest BCUT2D eigenvalue weighted by Gasteiger charge is 2.21. The van der Waals surface area contributed by atoms with Gasteiger partial charge in [-0.1, -0.05) is 0 Å². The average molecular weight is 203 g/mol. The van der Waals surface area contributed by atoms with E-state index in [0.717, 1.165) is 36.4 Å². The number of rotatable bonds is 1. The maximum Gasteiger partial charge on any atom is 0.162 e.